The van der Waals surface area contributed by atoms with Gasteiger partial charge in [0.2, 0.25) is 0 Å². The van der Waals surface area contributed by atoms with Gasteiger partial charge in [0.15, 0.2) is 11.6 Å². The monoisotopic (exact) mass is 322 g/mol. The van der Waals surface area contributed by atoms with Crippen molar-refractivity contribution in [1.82, 2.24) is 14.9 Å². The standard InChI is InChI=1S/C16H23FN4O2/c17-14-10-18-16(23-13-6-7-21(11-13)8-9-22)20-15(14)19-12-4-2-1-3-5-12/h9-10,12-13H,1-8,11H2,(H,18,19,20). The lowest BCUT2D eigenvalue weighted by Crippen LogP contribution is -2.27. The van der Waals surface area contributed by atoms with Gasteiger partial charge in [0.1, 0.15) is 12.4 Å². The van der Waals surface area contributed by atoms with Crippen molar-refractivity contribution in [2.45, 2.75) is 50.7 Å². The van der Waals surface area contributed by atoms with Crippen LogP contribution in [-0.4, -0.2) is 52.9 Å². The highest BCUT2D eigenvalue weighted by Crippen LogP contribution is 2.23. The second kappa shape index (κ2) is 7.68. The molecular weight excluding hydrogens is 299 g/mol. The Hall–Kier alpha value is -1.76. The highest BCUT2D eigenvalue weighted by molar-refractivity contribution is 5.52. The predicted molar refractivity (Wildman–Crippen MR) is 84.0 cm³/mol. The highest BCUT2D eigenvalue weighted by Gasteiger charge is 2.25. The normalized spacial score (nSPS) is 22.9. The third kappa shape index (κ3) is 4.37. The maximum atomic E-state index is 13.9. The van der Waals surface area contributed by atoms with E-state index >= 15 is 0 Å². The van der Waals surface area contributed by atoms with Gasteiger partial charge in [0, 0.05) is 19.1 Å². The molecule has 1 aromatic rings. The van der Waals surface area contributed by atoms with Crippen LogP contribution in [0.2, 0.25) is 0 Å². The first-order valence-electron chi connectivity index (χ1n) is 8.36. The molecule has 1 N–H and O–H groups in total. The Balaban J connectivity index is 1.59. The van der Waals surface area contributed by atoms with Crippen molar-refractivity contribution >= 4 is 12.1 Å². The van der Waals surface area contributed by atoms with Crippen LogP contribution >= 0.6 is 0 Å². The molecule has 2 heterocycles. The minimum absolute atomic E-state index is 0.0528. The van der Waals surface area contributed by atoms with Gasteiger partial charge >= 0.3 is 6.01 Å². The molecule has 1 aromatic heterocycles. The summed E-state index contributed by atoms with van der Waals surface area (Å²) in [7, 11) is 0. The van der Waals surface area contributed by atoms with Crippen LogP contribution in [0.25, 0.3) is 0 Å². The van der Waals surface area contributed by atoms with Crippen LogP contribution in [0.1, 0.15) is 38.5 Å². The number of rotatable bonds is 6. The molecule has 3 rings (SSSR count). The van der Waals surface area contributed by atoms with Gasteiger partial charge in [-0.1, -0.05) is 19.3 Å². The number of likely N-dealkylation sites (tertiary alicyclic amines) is 1. The smallest absolute Gasteiger partial charge is 0.318 e. The van der Waals surface area contributed by atoms with Crippen LogP contribution in [0.15, 0.2) is 6.20 Å². The van der Waals surface area contributed by atoms with E-state index in [1.807, 2.05) is 4.90 Å². The molecule has 1 aliphatic heterocycles. The average molecular weight is 322 g/mol. The molecule has 0 radical (unpaired) electrons. The number of hydrogen-bond acceptors (Lipinski definition) is 6. The second-order valence-electron chi connectivity index (χ2n) is 6.28. The Morgan fingerprint density at radius 3 is 2.96 bits per heavy atom. The quantitative estimate of drug-likeness (QED) is 0.808. The lowest BCUT2D eigenvalue weighted by molar-refractivity contribution is -0.108. The van der Waals surface area contributed by atoms with E-state index in [-0.39, 0.29) is 24.0 Å². The number of anilines is 1. The van der Waals surface area contributed by atoms with Gasteiger partial charge in [-0.3, -0.25) is 4.90 Å². The molecule has 7 heteroatoms. The van der Waals surface area contributed by atoms with E-state index in [0.717, 1.165) is 38.3 Å². The fourth-order valence-electron chi connectivity index (χ4n) is 3.26. The van der Waals surface area contributed by atoms with Gasteiger partial charge < -0.3 is 14.8 Å². The third-order valence-electron chi connectivity index (χ3n) is 4.50. The van der Waals surface area contributed by atoms with Gasteiger partial charge in [0.05, 0.1) is 12.7 Å². The summed E-state index contributed by atoms with van der Waals surface area (Å²) in [6.45, 7) is 1.90. The van der Waals surface area contributed by atoms with Crippen molar-refractivity contribution in [1.29, 1.82) is 0 Å². The van der Waals surface area contributed by atoms with Crippen molar-refractivity contribution in [3.63, 3.8) is 0 Å². The van der Waals surface area contributed by atoms with Crippen LogP contribution in [0.3, 0.4) is 0 Å². The zero-order valence-corrected chi connectivity index (χ0v) is 13.2. The van der Waals surface area contributed by atoms with Crippen molar-refractivity contribution in [2.75, 3.05) is 25.0 Å². The summed E-state index contributed by atoms with van der Waals surface area (Å²) in [6, 6.07) is 0.471. The van der Waals surface area contributed by atoms with E-state index in [0.29, 0.717) is 13.1 Å². The maximum Gasteiger partial charge on any atom is 0.318 e. The summed E-state index contributed by atoms with van der Waals surface area (Å²) in [5.74, 6) is -0.221. The van der Waals surface area contributed by atoms with E-state index < -0.39 is 5.82 Å². The number of aldehydes is 1. The Morgan fingerprint density at radius 1 is 1.35 bits per heavy atom. The molecule has 6 nitrogen and oxygen atoms in total. The van der Waals surface area contributed by atoms with Gasteiger partial charge in [-0.15, -0.1) is 0 Å². The number of aromatic nitrogens is 2. The molecule has 23 heavy (non-hydrogen) atoms. The minimum atomic E-state index is -0.447. The largest absolute Gasteiger partial charge is 0.459 e. The average Bonchev–Trinajstić information content (AvgIpc) is 2.99. The zero-order chi connectivity index (χ0) is 16.1. The molecular formula is C16H23FN4O2. The number of nitrogens with zero attached hydrogens (tertiary/aromatic N) is 3. The first kappa shape index (κ1) is 16.1. The Labute approximate surface area is 135 Å². The Bertz CT molecular complexity index is 537. The molecule has 1 saturated carbocycles. The molecule has 0 spiro atoms. The van der Waals surface area contributed by atoms with Crippen molar-refractivity contribution < 1.29 is 13.9 Å². The maximum absolute atomic E-state index is 13.9. The van der Waals surface area contributed by atoms with Crippen LogP contribution in [0.4, 0.5) is 10.2 Å². The van der Waals surface area contributed by atoms with E-state index in [9.17, 15) is 9.18 Å². The number of hydrogen-bond donors (Lipinski definition) is 1. The molecule has 126 valence electrons. The number of carbonyl (C=O) groups is 1. The number of nitrogens with one attached hydrogen (secondary N) is 1. The molecule has 0 aromatic carbocycles. The molecule has 0 bridgehead atoms. The fraction of sp³-hybridized carbons (Fsp3) is 0.688. The summed E-state index contributed by atoms with van der Waals surface area (Å²) in [4.78, 5) is 20.7. The summed E-state index contributed by atoms with van der Waals surface area (Å²) in [5, 5.41) is 3.18. The summed E-state index contributed by atoms with van der Waals surface area (Å²) >= 11 is 0. The predicted octanol–water partition coefficient (Wildman–Crippen LogP) is 2.01. The summed E-state index contributed by atoms with van der Waals surface area (Å²) in [6.07, 6.45) is 8.49. The molecule has 2 fully saturated rings. The summed E-state index contributed by atoms with van der Waals surface area (Å²) in [5.41, 5.74) is 0. The lowest BCUT2D eigenvalue weighted by Gasteiger charge is -2.23. The van der Waals surface area contributed by atoms with Crippen molar-refractivity contribution in [3.05, 3.63) is 12.0 Å². The van der Waals surface area contributed by atoms with E-state index in [2.05, 4.69) is 15.3 Å². The molecule has 0 amide bonds. The molecule has 1 saturated heterocycles. The SMILES string of the molecule is O=CCN1CCC(Oc2ncc(F)c(NC3CCCCC3)n2)C1. The van der Waals surface area contributed by atoms with Gasteiger partial charge in [0.25, 0.3) is 0 Å². The van der Waals surface area contributed by atoms with Crippen LogP contribution < -0.4 is 10.1 Å². The first-order valence-corrected chi connectivity index (χ1v) is 8.36. The van der Waals surface area contributed by atoms with Crippen molar-refractivity contribution in [3.8, 4) is 6.01 Å². The van der Waals surface area contributed by atoms with Crippen LogP contribution in [0, 0.1) is 5.82 Å². The topological polar surface area (TPSA) is 67.4 Å². The summed E-state index contributed by atoms with van der Waals surface area (Å²) < 4.78 is 19.7. The van der Waals surface area contributed by atoms with E-state index in [1.54, 1.807) is 0 Å². The van der Waals surface area contributed by atoms with Gasteiger partial charge in [-0.05, 0) is 19.3 Å². The molecule has 1 unspecified atom stereocenters. The van der Waals surface area contributed by atoms with Crippen LogP contribution in [0.5, 0.6) is 6.01 Å². The molecule has 2 aliphatic rings. The number of ether oxygens (including phenoxy) is 1. The second-order valence-corrected chi connectivity index (χ2v) is 6.28. The van der Waals surface area contributed by atoms with E-state index in [4.69, 9.17) is 4.74 Å². The minimum Gasteiger partial charge on any atom is -0.459 e. The third-order valence-corrected chi connectivity index (χ3v) is 4.50. The van der Waals surface area contributed by atoms with Crippen molar-refractivity contribution in [2.24, 2.45) is 0 Å². The highest BCUT2D eigenvalue weighted by atomic mass is 19.1. The molecule has 1 aliphatic carbocycles. The van der Waals surface area contributed by atoms with Gasteiger partial charge in [-0.2, -0.15) is 4.98 Å². The first-order chi connectivity index (χ1) is 11.2. The van der Waals surface area contributed by atoms with Gasteiger partial charge in [-0.25, -0.2) is 9.37 Å². The Kier molecular flexibility index (Phi) is 5.38. The Morgan fingerprint density at radius 2 is 2.17 bits per heavy atom. The molecule has 1 atom stereocenters. The lowest BCUT2D eigenvalue weighted by atomic mass is 9.95. The fourth-order valence-corrected chi connectivity index (χ4v) is 3.26. The zero-order valence-electron chi connectivity index (χ0n) is 13.2. The number of carbonyl (C=O) groups excluding carboxylic acids is 1. The van der Waals surface area contributed by atoms with Crippen LogP contribution in [-0.2, 0) is 4.79 Å². The van der Waals surface area contributed by atoms with E-state index in [1.165, 1.54) is 19.3 Å². The number of halogens is 1.